The summed E-state index contributed by atoms with van der Waals surface area (Å²) in [4.78, 5) is 10.9. The number of carbonyl (C=O) groups excluding carboxylic acids is 1. The summed E-state index contributed by atoms with van der Waals surface area (Å²) in [6, 6.07) is 0. The third-order valence-electron chi connectivity index (χ3n) is 2.72. The average Bonchev–Trinajstić information content (AvgIpc) is 2.16. The second kappa shape index (κ2) is 4.30. The summed E-state index contributed by atoms with van der Waals surface area (Å²) in [7, 11) is 0. The van der Waals surface area contributed by atoms with Crippen LogP contribution in [0.15, 0.2) is 0 Å². The number of hydrogen-bond donors (Lipinski definition) is 0. The van der Waals surface area contributed by atoms with E-state index in [1.54, 1.807) is 0 Å². The Hall–Kier alpha value is -0.770. The SMILES string of the molecule is CC#CCC1(C=O)CCCCC1. The smallest absolute Gasteiger partial charge is 0.127 e. The molecule has 0 aromatic rings. The fourth-order valence-corrected chi connectivity index (χ4v) is 1.86. The van der Waals surface area contributed by atoms with E-state index >= 15 is 0 Å². The zero-order valence-corrected chi connectivity index (χ0v) is 7.73. The molecular weight excluding hydrogens is 148 g/mol. The zero-order chi connectivity index (χ0) is 8.86. The molecule has 0 N–H and O–H groups in total. The Morgan fingerprint density at radius 3 is 2.50 bits per heavy atom. The van der Waals surface area contributed by atoms with Gasteiger partial charge in [-0.05, 0) is 19.8 Å². The summed E-state index contributed by atoms with van der Waals surface area (Å²) in [6.45, 7) is 1.83. The lowest BCUT2D eigenvalue weighted by Crippen LogP contribution is -2.25. The lowest BCUT2D eigenvalue weighted by atomic mass is 9.73. The lowest BCUT2D eigenvalue weighted by Gasteiger charge is -2.29. The van der Waals surface area contributed by atoms with Gasteiger partial charge in [0.2, 0.25) is 0 Å². The third kappa shape index (κ3) is 2.11. The third-order valence-corrected chi connectivity index (χ3v) is 2.72. The first-order valence-corrected chi connectivity index (χ1v) is 4.69. The van der Waals surface area contributed by atoms with Crippen LogP contribution < -0.4 is 0 Å². The van der Waals surface area contributed by atoms with Gasteiger partial charge in [-0.15, -0.1) is 11.8 Å². The van der Waals surface area contributed by atoms with Crippen LogP contribution in [0.25, 0.3) is 0 Å². The Morgan fingerprint density at radius 2 is 2.00 bits per heavy atom. The molecule has 0 saturated heterocycles. The van der Waals surface area contributed by atoms with Crippen molar-refractivity contribution in [3.63, 3.8) is 0 Å². The first-order chi connectivity index (χ1) is 5.83. The Labute approximate surface area is 74.5 Å². The summed E-state index contributed by atoms with van der Waals surface area (Å²) < 4.78 is 0. The van der Waals surface area contributed by atoms with Crippen LogP contribution in [0, 0.1) is 17.3 Å². The first kappa shape index (κ1) is 9.32. The van der Waals surface area contributed by atoms with Crippen LogP contribution in [0.5, 0.6) is 0 Å². The van der Waals surface area contributed by atoms with E-state index in [0.717, 1.165) is 25.5 Å². The Morgan fingerprint density at radius 1 is 1.33 bits per heavy atom. The van der Waals surface area contributed by atoms with Crippen molar-refractivity contribution in [2.45, 2.75) is 45.4 Å². The summed E-state index contributed by atoms with van der Waals surface area (Å²) in [6.07, 6.45) is 7.68. The van der Waals surface area contributed by atoms with E-state index in [0.29, 0.717) is 0 Å². The molecule has 0 amide bonds. The Bertz CT molecular complexity index is 201. The predicted molar refractivity (Wildman–Crippen MR) is 49.6 cm³/mol. The molecule has 12 heavy (non-hydrogen) atoms. The second-order valence-corrected chi connectivity index (χ2v) is 3.64. The number of aldehydes is 1. The van der Waals surface area contributed by atoms with Gasteiger partial charge in [-0.1, -0.05) is 19.3 Å². The van der Waals surface area contributed by atoms with Crippen molar-refractivity contribution in [1.82, 2.24) is 0 Å². The lowest BCUT2D eigenvalue weighted by molar-refractivity contribution is -0.117. The van der Waals surface area contributed by atoms with Crippen LogP contribution in [0.3, 0.4) is 0 Å². The molecule has 0 radical (unpaired) electrons. The molecule has 0 heterocycles. The molecular formula is C11H16O. The van der Waals surface area contributed by atoms with E-state index in [2.05, 4.69) is 11.8 Å². The van der Waals surface area contributed by atoms with Gasteiger partial charge in [-0.2, -0.15) is 0 Å². The van der Waals surface area contributed by atoms with Gasteiger partial charge in [0.15, 0.2) is 0 Å². The zero-order valence-electron chi connectivity index (χ0n) is 7.73. The van der Waals surface area contributed by atoms with Crippen LogP contribution in [0.1, 0.15) is 45.4 Å². The van der Waals surface area contributed by atoms with Crippen molar-refractivity contribution >= 4 is 6.29 Å². The van der Waals surface area contributed by atoms with Gasteiger partial charge < -0.3 is 4.79 Å². The maximum Gasteiger partial charge on any atom is 0.127 e. The van der Waals surface area contributed by atoms with Crippen molar-refractivity contribution in [2.75, 3.05) is 0 Å². The van der Waals surface area contributed by atoms with E-state index in [4.69, 9.17) is 0 Å². The van der Waals surface area contributed by atoms with Gasteiger partial charge in [0.25, 0.3) is 0 Å². The van der Waals surface area contributed by atoms with Crippen LogP contribution in [0.2, 0.25) is 0 Å². The molecule has 1 fully saturated rings. The van der Waals surface area contributed by atoms with Crippen molar-refractivity contribution in [3.8, 4) is 11.8 Å². The van der Waals surface area contributed by atoms with Crippen LogP contribution >= 0.6 is 0 Å². The van der Waals surface area contributed by atoms with E-state index < -0.39 is 0 Å². The number of carbonyl (C=O) groups is 1. The fourth-order valence-electron chi connectivity index (χ4n) is 1.86. The highest BCUT2D eigenvalue weighted by Gasteiger charge is 2.30. The van der Waals surface area contributed by atoms with E-state index in [1.165, 1.54) is 19.3 Å². The molecule has 0 unspecified atom stereocenters. The van der Waals surface area contributed by atoms with Gasteiger partial charge in [-0.25, -0.2) is 0 Å². The van der Waals surface area contributed by atoms with Crippen LogP contribution in [0.4, 0.5) is 0 Å². The molecule has 0 atom stereocenters. The molecule has 1 heteroatoms. The average molecular weight is 164 g/mol. The van der Waals surface area contributed by atoms with E-state index in [-0.39, 0.29) is 5.41 Å². The summed E-state index contributed by atoms with van der Waals surface area (Å²) in [5, 5.41) is 0. The van der Waals surface area contributed by atoms with Gasteiger partial charge in [-0.3, -0.25) is 0 Å². The fraction of sp³-hybridized carbons (Fsp3) is 0.727. The van der Waals surface area contributed by atoms with E-state index in [1.807, 2.05) is 6.92 Å². The molecule has 0 aromatic carbocycles. The van der Waals surface area contributed by atoms with Gasteiger partial charge in [0.1, 0.15) is 6.29 Å². The standard InChI is InChI=1S/C11H16O/c1-2-3-7-11(10-12)8-5-4-6-9-11/h10H,4-9H2,1H3. The minimum absolute atomic E-state index is 0.0821. The quantitative estimate of drug-likeness (QED) is 0.453. The molecule has 1 saturated carbocycles. The molecule has 0 spiro atoms. The predicted octanol–water partition coefficient (Wildman–Crippen LogP) is 2.55. The maximum absolute atomic E-state index is 10.9. The second-order valence-electron chi connectivity index (χ2n) is 3.64. The summed E-state index contributed by atoms with van der Waals surface area (Å²) in [5.74, 6) is 5.89. The van der Waals surface area contributed by atoms with Crippen molar-refractivity contribution in [1.29, 1.82) is 0 Å². The summed E-state index contributed by atoms with van der Waals surface area (Å²) in [5.41, 5.74) is -0.0821. The van der Waals surface area contributed by atoms with Gasteiger partial charge in [0, 0.05) is 11.8 Å². The molecule has 1 rings (SSSR count). The van der Waals surface area contributed by atoms with Crippen molar-refractivity contribution in [2.24, 2.45) is 5.41 Å². The highest BCUT2D eigenvalue weighted by atomic mass is 16.1. The number of rotatable bonds is 2. The summed E-state index contributed by atoms with van der Waals surface area (Å²) >= 11 is 0. The van der Waals surface area contributed by atoms with Crippen molar-refractivity contribution in [3.05, 3.63) is 0 Å². The molecule has 0 aliphatic heterocycles. The minimum atomic E-state index is -0.0821. The number of hydrogen-bond acceptors (Lipinski definition) is 1. The molecule has 1 aliphatic rings. The largest absolute Gasteiger partial charge is 0.303 e. The minimum Gasteiger partial charge on any atom is -0.303 e. The van der Waals surface area contributed by atoms with Gasteiger partial charge >= 0.3 is 0 Å². The van der Waals surface area contributed by atoms with Crippen LogP contribution in [-0.2, 0) is 4.79 Å². The van der Waals surface area contributed by atoms with Gasteiger partial charge in [0.05, 0.1) is 0 Å². The topological polar surface area (TPSA) is 17.1 Å². The highest BCUT2D eigenvalue weighted by molar-refractivity contribution is 5.60. The first-order valence-electron chi connectivity index (χ1n) is 4.69. The monoisotopic (exact) mass is 164 g/mol. The maximum atomic E-state index is 10.9. The Balaban J connectivity index is 2.57. The van der Waals surface area contributed by atoms with E-state index in [9.17, 15) is 4.79 Å². The van der Waals surface area contributed by atoms with Crippen molar-refractivity contribution < 1.29 is 4.79 Å². The van der Waals surface area contributed by atoms with Crippen LogP contribution in [-0.4, -0.2) is 6.29 Å². The molecule has 1 nitrogen and oxygen atoms in total. The molecule has 1 aliphatic carbocycles. The molecule has 0 bridgehead atoms. The highest BCUT2D eigenvalue weighted by Crippen LogP contribution is 2.36. The molecule has 66 valence electrons. The molecule has 0 aromatic heterocycles. The Kier molecular flexibility index (Phi) is 3.34. The normalized spacial score (nSPS) is 20.8.